The summed E-state index contributed by atoms with van der Waals surface area (Å²) in [6.45, 7) is 6.83. The van der Waals surface area contributed by atoms with Gasteiger partial charge in [-0.05, 0) is 44.5 Å². The van der Waals surface area contributed by atoms with Crippen LogP contribution < -0.4 is 10.9 Å². The number of amides is 1. The van der Waals surface area contributed by atoms with Gasteiger partial charge in [-0.1, -0.05) is 12.1 Å². The Bertz CT molecular complexity index is 1000. The first-order valence-electron chi connectivity index (χ1n) is 8.86. The summed E-state index contributed by atoms with van der Waals surface area (Å²) < 4.78 is 1.95. The lowest BCUT2D eigenvalue weighted by Crippen LogP contribution is -2.26. The van der Waals surface area contributed by atoms with E-state index in [1.54, 1.807) is 6.92 Å². The standard InChI is InChI=1S/C20H23N5O2/c1-13-10-14(2)25(24-13)12-16-4-6-17(7-5-16)20(27)21-9-8-18-11-19(26)23-15(3)22-18/h4-7,10-11H,8-9,12H2,1-3H3,(H,21,27)(H,22,23,26). The van der Waals surface area contributed by atoms with Crippen molar-refractivity contribution >= 4 is 5.91 Å². The largest absolute Gasteiger partial charge is 0.352 e. The summed E-state index contributed by atoms with van der Waals surface area (Å²) >= 11 is 0. The summed E-state index contributed by atoms with van der Waals surface area (Å²) in [6, 6.07) is 11.0. The van der Waals surface area contributed by atoms with Gasteiger partial charge in [0.1, 0.15) is 5.82 Å². The molecule has 3 aromatic rings. The maximum atomic E-state index is 12.3. The predicted molar refractivity (Wildman–Crippen MR) is 103 cm³/mol. The number of aromatic nitrogens is 4. The van der Waals surface area contributed by atoms with Crippen LogP contribution in [0.5, 0.6) is 0 Å². The molecule has 0 bridgehead atoms. The minimum atomic E-state index is -0.179. The quantitative estimate of drug-likeness (QED) is 0.698. The third-order valence-corrected chi connectivity index (χ3v) is 4.23. The zero-order chi connectivity index (χ0) is 19.4. The second kappa shape index (κ2) is 7.99. The summed E-state index contributed by atoms with van der Waals surface area (Å²) in [5, 5.41) is 7.31. The number of nitrogens with zero attached hydrogens (tertiary/aromatic N) is 3. The molecule has 0 saturated carbocycles. The normalized spacial score (nSPS) is 10.8. The molecule has 0 radical (unpaired) electrons. The van der Waals surface area contributed by atoms with Crippen molar-refractivity contribution in [3.63, 3.8) is 0 Å². The van der Waals surface area contributed by atoms with Crippen molar-refractivity contribution in [1.82, 2.24) is 25.1 Å². The van der Waals surface area contributed by atoms with Gasteiger partial charge in [0.2, 0.25) is 0 Å². The SMILES string of the molecule is Cc1cc(C)n(Cc2ccc(C(=O)NCCc3cc(=O)[nH]c(C)n3)cc2)n1. The fourth-order valence-corrected chi connectivity index (χ4v) is 2.95. The fourth-order valence-electron chi connectivity index (χ4n) is 2.95. The van der Waals surface area contributed by atoms with Gasteiger partial charge in [0.25, 0.3) is 11.5 Å². The van der Waals surface area contributed by atoms with Crippen molar-refractivity contribution < 1.29 is 4.79 Å². The molecule has 0 atom stereocenters. The number of carbonyl (C=O) groups excluding carboxylic acids is 1. The number of hydrogen-bond acceptors (Lipinski definition) is 4. The summed E-state index contributed by atoms with van der Waals surface area (Å²) in [6.07, 6.45) is 0.506. The predicted octanol–water partition coefficient (Wildman–Crippen LogP) is 1.91. The molecule has 0 aliphatic heterocycles. The van der Waals surface area contributed by atoms with Crippen molar-refractivity contribution in [2.24, 2.45) is 0 Å². The Balaban J connectivity index is 1.55. The molecular weight excluding hydrogens is 342 g/mol. The molecule has 2 N–H and O–H groups in total. The van der Waals surface area contributed by atoms with Crippen molar-refractivity contribution in [2.45, 2.75) is 33.7 Å². The number of hydrogen-bond donors (Lipinski definition) is 2. The molecular formula is C20H23N5O2. The molecule has 1 amide bonds. The highest BCUT2D eigenvalue weighted by Crippen LogP contribution is 2.09. The van der Waals surface area contributed by atoms with Crippen LogP contribution in [0.1, 0.15) is 38.8 Å². The molecule has 0 saturated heterocycles. The minimum Gasteiger partial charge on any atom is -0.352 e. The smallest absolute Gasteiger partial charge is 0.251 e. The molecule has 0 unspecified atom stereocenters. The number of nitrogens with one attached hydrogen (secondary N) is 2. The van der Waals surface area contributed by atoms with E-state index in [0.29, 0.717) is 36.6 Å². The summed E-state index contributed by atoms with van der Waals surface area (Å²) in [4.78, 5) is 30.6. The maximum Gasteiger partial charge on any atom is 0.251 e. The van der Waals surface area contributed by atoms with E-state index < -0.39 is 0 Å². The van der Waals surface area contributed by atoms with E-state index in [4.69, 9.17) is 0 Å². The Morgan fingerprint density at radius 3 is 2.52 bits per heavy atom. The topological polar surface area (TPSA) is 92.7 Å². The molecule has 3 rings (SSSR count). The van der Waals surface area contributed by atoms with E-state index >= 15 is 0 Å². The van der Waals surface area contributed by atoms with Crippen molar-refractivity contribution in [3.8, 4) is 0 Å². The number of benzene rings is 1. The van der Waals surface area contributed by atoms with Crippen LogP contribution in [-0.4, -0.2) is 32.2 Å². The summed E-state index contributed by atoms with van der Waals surface area (Å²) in [5.41, 5.74) is 4.27. The third kappa shape index (κ3) is 4.91. The van der Waals surface area contributed by atoms with E-state index in [-0.39, 0.29) is 11.5 Å². The second-order valence-corrected chi connectivity index (χ2v) is 6.61. The number of aryl methyl sites for hydroxylation is 3. The van der Waals surface area contributed by atoms with E-state index in [0.717, 1.165) is 17.0 Å². The highest BCUT2D eigenvalue weighted by molar-refractivity contribution is 5.94. The van der Waals surface area contributed by atoms with Gasteiger partial charge < -0.3 is 10.3 Å². The molecule has 7 nitrogen and oxygen atoms in total. The molecule has 0 spiro atoms. The Labute approximate surface area is 157 Å². The number of rotatable bonds is 6. The van der Waals surface area contributed by atoms with Gasteiger partial charge in [-0.3, -0.25) is 14.3 Å². The second-order valence-electron chi connectivity index (χ2n) is 6.61. The first kappa shape index (κ1) is 18.6. The molecule has 7 heteroatoms. The molecule has 140 valence electrons. The van der Waals surface area contributed by atoms with E-state index in [1.165, 1.54) is 6.07 Å². The van der Waals surface area contributed by atoms with Crippen LogP contribution in [0, 0.1) is 20.8 Å². The molecule has 27 heavy (non-hydrogen) atoms. The lowest BCUT2D eigenvalue weighted by atomic mass is 10.1. The van der Waals surface area contributed by atoms with Crippen LogP contribution in [-0.2, 0) is 13.0 Å². The minimum absolute atomic E-state index is 0.144. The van der Waals surface area contributed by atoms with Gasteiger partial charge in [-0.15, -0.1) is 0 Å². The van der Waals surface area contributed by atoms with Crippen LogP contribution >= 0.6 is 0 Å². The molecule has 1 aromatic carbocycles. The van der Waals surface area contributed by atoms with Crippen molar-refractivity contribution in [3.05, 3.63) is 80.8 Å². The fraction of sp³-hybridized carbons (Fsp3) is 0.300. The summed E-state index contributed by atoms with van der Waals surface area (Å²) in [5.74, 6) is 0.427. The van der Waals surface area contributed by atoms with Crippen LogP contribution in [0.2, 0.25) is 0 Å². The van der Waals surface area contributed by atoms with Gasteiger partial charge >= 0.3 is 0 Å². The molecule has 0 aliphatic rings. The zero-order valence-electron chi connectivity index (χ0n) is 15.7. The lowest BCUT2D eigenvalue weighted by Gasteiger charge is -2.08. The number of H-pyrrole nitrogens is 1. The molecule has 2 aromatic heterocycles. The Morgan fingerprint density at radius 2 is 1.89 bits per heavy atom. The number of carbonyl (C=O) groups is 1. The highest BCUT2D eigenvalue weighted by atomic mass is 16.1. The monoisotopic (exact) mass is 365 g/mol. The maximum absolute atomic E-state index is 12.3. The lowest BCUT2D eigenvalue weighted by molar-refractivity contribution is 0.0954. The van der Waals surface area contributed by atoms with Gasteiger partial charge in [0.05, 0.1) is 12.2 Å². The van der Waals surface area contributed by atoms with E-state index in [2.05, 4.69) is 20.4 Å². The van der Waals surface area contributed by atoms with Crippen molar-refractivity contribution in [2.75, 3.05) is 6.54 Å². The van der Waals surface area contributed by atoms with Gasteiger partial charge in [-0.2, -0.15) is 5.10 Å². The molecule has 0 fully saturated rings. The van der Waals surface area contributed by atoms with Crippen LogP contribution in [0.25, 0.3) is 0 Å². The van der Waals surface area contributed by atoms with Crippen LogP contribution in [0.4, 0.5) is 0 Å². The average molecular weight is 365 g/mol. The van der Waals surface area contributed by atoms with Crippen molar-refractivity contribution in [1.29, 1.82) is 0 Å². The zero-order valence-corrected chi connectivity index (χ0v) is 15.7. The van der Waals surface area contributed by atoms with Crippen LogP contribution in [0.15, 0.2) is 41.2 Å². The third-order valence-electron chi connectivity index (χ3n) is 4.23. The van der Waals surface area contributed by atoms with Gasteiger partial charge in [0.15, 0.2) is 0 Å². The van der Waals surface area contributed by atoms with Crippen LogP contribution in [0.3, 0.4) is 0 Å². The number of aromatic amines is 1. The first-order valence-corrected chi connectivity index (χ1v) is 8.86. The van der Waals surface area contributed by atoms with Gasteiger partial charge in [-0.25, -0.2) is 4.98 Å². The molecule has 0 aliphatic carbocycles. The Morgan fingerprint density at radius 1 is 1.15 bits per heavy atom. The van der Waals surface area contributed by atoms with E-state index in [1.807, 2.05) is 48.9 Å². The van der Waals surface area contributed by atoms with Gasteiger partial charge in [0, 0.05) is 36.0 Å². The van der Waals surface area contributed by atoms with E-state index in [9.17, 15) is 9.59 Å². The molecule has 2 heterocycles. The first-order chi connectivity index (χ1) is 12.9. The average Bonchev–Trinajstić information content (AvgIpc) is 2.92. The Hall–Kier alpha value is -3.22. The Kier molecular flexibility index (Phi) is 5.49. The summed E-state index contributed by atoms with van der Waals surface area (Å²) in [7, 11) is 0. The highest BCUT2D eigenvalue weighted by Gasteiger charge is 2.07.